The minimum absolute atomic E-state index is 0.149. The van der Waals surface area contributed by atoms with Gasteiger partial charge in [-0.3, -0.25) is 0 Å². The highest BCUT2D eigenvalue weighted by atomic mass is 16.2. The monoisotopic (exact) mass is 274 g/mol. The summed E-state index contributed by atoms with van der Waals surface area (Å²) in [6, 6.07) is 0. The molecule has 0 bridgehead atoms. The molecule has 2 aliphatic rings. The number of allylic oxidation sites excluding steroid dienone is 5. The summed E-state index contributed by atoms with van der Waals surface area (Å²) >= 11 is 0. The predicted octanol–water partition coefficient (Wildman–Crippen LogP) is 5.18. The van der Waals surface area contributed by atoms with Crippen molar-refractivity contribution < 1.29 is 5.11 Å². The van der Waals surface area contributed by atoms with Gasteiger partial charge in [0.05, 0.1) is 6.61 Å². The predicted molar refractivity (Wildman–Crippen MR) is 86.6 cm³/mol. The van der Waals surface area contributed by atoms with Crippen LogP contribution in [-0.4, -0.2) is 11.7 Å². The lowest BCUT2D eigenvalue weighted by Crippen LogP contribution is -2.07. The first-order valence-corrected chi connectivity index (χ1v) is 8.32. The number of aliphatic hydroxyl groups is 1. The molecule has 0 aromatic rings. The van der Waals surface area contributed by atoms with Crippen LogP contribution < -0.4 is 0 Å². The lowest BCUT2D eigenvalue weighted by Gasteiger charge is -2.24. The quantitative estimate of drug-likeness (QED) is 0.707. The molecule has 0 aromatic carbocycles. The molecule has 1 N–H and O–H groups in total. The Balaban J connectivity index is 2.23. The van der Waals surface area contributed by atoms with Crippen molar-refractivity contribution in [2.24, 2.45) is 11.8 Å². The van der Waals surface area contributed by atoms with E-state index in [9.17, 15) is 0 Å². The van der Waals surface area contributed by atoms with E-state index < -0.39 is 0 Å². The molecule has 20 heavy (non-hydrogen) atoms. The molecule has 2 aliphatic carbocycles. The third-order valence-corrected chi connectivity index (χ3v) is 4.52. The van der Waals surface area contributed by atoms with Crippen LogP contribution in [0, 0.1) is 11.8 Å². The number of rotatable bonds is 6. The van der Waals surface area contributed by atoms with E-state index >= 15 is 0 Å². The van der Waals surface area contributed by atoms with Crippen molar-refractivity contribution in [2.45, 2.75) is 65.7 Å². The molecule has 1 heteroatoms. The van der Waals surface area contributed by atoms with Crippen molar-refractivity contribution in [3.05, 3.63) is 34.4 Å². The molecule has 0 aliphatic heterocycles. The molecule has 0 spiro atoms. The molecule has 2 rings (SSSR count). The highest BCUT2D eigenvalue weighted by Gasteiger charge is 2.30. The molecule has 0 unspecified atom stereocenters. The maximum atomic E-state index is 9.04. The zero-order valence-corrected chi connectivity index (χ0v) is 13.4. The van der Waals surface area contributed by atoms with E-state index in [1.165, 1.54) is 50.5 Å². The second-order valence-corrected chi connectivity index (χ2v) is 6.86. The average molecular weight is 274 g/mol. The van der Waals surface area contributed by atoms with Gasteiger partial charge in [0, 0.05) is 0 Å². The Morgan fingerprint density at radius 3 is 2.65 bits per heavy atom. The maximum absolute atomic E-state index is 9.04. The highest BCUT2D eigenvalue weighted by Crippen LogP contribution is 2.46. The van der Waals surface area contributed by atoms with Gasteiger partial charge in [-0.1, -0.05) is 37.1 Å². The number of hydrogen-bond acceptors (Lipinski definition) is 1. The highest BCUT2D eigenvalue weighted by molar-refractivity contribution is 5.43. The van der Waals surface area contributed by atoms with Gasteiger partial charge in [0.2, 0.25) is 0 Å². The molecule has 112 valence electrons. The van der Waals surface area contributed by atoms with E-state index in [-0.39, 0.29) is 6.61 Å². The molecule has 1 nitrogen and oxygen atoms in total. The summed E-state index contributed by atoms with van der Waals surface area (Å²) < 4.78 is 0. The SMILES string of the molecule is CC(=C\CO)/C=C1\CCCC(C2CC2)=C1CCC(C)C. The van der Waals surface area contributed by atoms with Crippen LogP contribution in [0.4, 0.5) is 0 Å². The maximum Gasteiger partial charge on any atom is 0.0617 e. The van der Waals surface area contributed by atoms with Gasteiger partial charge < -0.3 is 5.11 Å². The van der Waals surface area contributed by atoms with Crippen LogP contribution in [-0.2, 0) is 0 Å². The molecule has 0 radical (unpaired) electrons. The standard InChI is InChI=1S/C19H30O/c1-14(2)7-10-19-17(13-15(3)11-12-20)5-4-6-18(19)16-8-9-16/h11,13-14,16,20H,4-10,12H2,1-3H3/b15-11+,17-13+. The summed E-state index contributed by atoms with van der Waals surface area (Å²) in [4.78, 5) is 0. The second kappa shape index (κ2) is 7.26. The Kier molecular flexibility index (Phi) is 5.65. The van der Waals surface area contributed by atoms with Crippen molar-refractivity contribution in [3.8, 4) is 0 Å². The molecule has 1 fully saturated rings. The summed E-state index contributed by atoms with van der Waals surface area (Å²) in [7, 11) is 0. The van der Waals surface area contributed by atoms with E-state index in [0.717, 1.165) is 11.8 Å². The Morgan fingerprint density at radius 1 is 1.30 bits per heavy atom. The molecular formula is C19H30O. The van der Waals surface area contributed by atoms with E-state index in [0.29, 0.717) is 0 Å². The van der Waals surface area contributed by atoms with Crippen molar-refractivity contribution in [3.63, 3.8) is 0 Å². The Bertz CT molecular complexity index is 419. The van der Waals surface area contributed by atoms with Crippen LogP contribution in [0.2, 0.25) is 0 Å². The van der Waals surface area contributed by atoms with Crippen molar-refractivity contribution >= 4 is 0 Å². The van der Waals surface area contributed by atoms with Gasteiger partial charge in [-0.05, 0) is 74.9 Å². The van der Waals surface area contributed by atoms with E-state index in [2.05, 4.69) is 26.8 Å². The normalized spacial score (nSPS) is 23.1. The van der Waals surface area contributed by atoms with E-state index in [1.54, 1.807) is 16.7 Å². The van der Waals surface area contributed by atoms with Crippen molar-refractivity contribution in [1.82, 2.24) is 0 Å². The summed E-state index contributed by atoms with van der Waals surface area (Å²) in [5, 5.41) is 9.04. The van der Waals surface area contributed by atoms with Crippen LogP contribution in [0.25, 0.3) is 0 Å². The van der Waals surface area contributed by atoms with Crippen molar-refractivity contribution in [2.75, 3.05) is 6.61 Å². The molecule has 1 saturated carbocycles. The fourth-order valence-corrected chi connectivity index (χ4v) is 3.25. The first kappa shape index (κ1) is 15.6. The molecular weight excluding hydrogens is 244 g/mol. The molecule has 0 aromatic heterocycles. The fourth-order valence-electron chi connectivity index (χ4n) is 3.25. The van der Waals surface area contributed by atoms with Gasteiger partial charge in [-0.15, -0.1) is 0 Å². The third-order valence-electron chi connectivity index (χ3n) is 4.52. The van der Waals surface area contributed by atoms with Crippen LogP contribution in [0.15, 0.2) is 34.4 Å². The first-order chi connectivity index (χ1) is 9.61. The summed E-state index contributed by atoms with van der Waals surface area (Å²) in [5.74, 6) is 1.68. The van der Waals surface area contributed by atoms with E-state index in [4.69, 9.17) is 5.11 Å². The van der Waals surface area contributed by atoms with Crippen LogP contribution in [0.5, 0.6) is 0 Å². The largest absolute Gasteiger partial charge is 0.392 e. The average Bonchev–Trinajstić information content (AvgIpc) is 3.21. The number of aliphatic hydroxyl groups excluding tert-OH is 1. The van der Waals surface area contributed by atoms with Gasteiger partial charge >= 0.3 is 0 Å². The lowest BCUT2D eigenvalue weighted by atomic mass is 9.81. The Hall–Kier alpha value is -0.820. The second-order valence-electron chi connectivity index (χ2n) is 6.86. The van der Waals surface area contributed by atoms with Crippen LogP contribution in [0.3, 0.4) is 0 Å². The number of hydrogen-bond donors (Lipinski definition) is 1. The lowest BCUT2D eigenvalue weighted by molar-refractivity contribution is 0.342. The first-order valence-electron chi connectivity index (χ1n) is 8.32. The third kappa shape index (κ3) is 4.34. The van der Waals surface area contributed by atoms with Gasteiger partial charge in [-0.2, -0.15) is 0 Å². The van der Waals surface area contributed by atoms with Gasteiger partial charge in [0.1, 0.15) is 0 Å². The van der Waals surface area contributed by atoms with Gasteiger partial charge in [-0.25, -0.2) is 0 Å². The van der Waals surface area contributed by atoms with E-state index in [1.807, 2.05) is 6.08 Å². The summed E-state index contributed by atoms with van der Waals surface area (Å²) in [5.41, 5.74) is 6.22. The Labute approximate surface area is 124 Å². The molecule has 0 saturated heterocycles. The van der Waals surface area contributed by atoms with Crippen molar-refractivity contribution in [1.29, 1.82) is 0 Å². The van der Waals surface area contributed by atoms with Crippen LogP contribution >= 0.6 is 0 Å². The minimum Gasteiger partial charge on any atom is -0.392 e. The molecule has 0 atom stereocenters. The molecule has 0 amide bonds. The summed E-state index contributed by atoms with van der Waals surface area (Å²) in [6.45, 7) is 6.89. The molecule has 0 heterocycles. The van der Waals surface area contributed by atoms with Gasteiger partial charge in [0.15, 0.2) is 0 Å². The minimum atomic E-state index is 0.149. The zero-order valence-electron chi connectivity index (χ0n) is 13.4. The fraction of sp³-hybridized carbons (Fsp3) is 0.684. The topological polar surface area (TPSA) is 20.2 Å². The van der Waals surface area contributed by atoms with Crippen LogP contribution in [0.1, 0.15) is 65.7 Å². The Morgan fingerprint density at radius 2 is 2.05 bits per heavy atom. The van der Waals surface area contributed by atoms with Gasteiger partial charge in [0.25, 0.3) is 0 Å². The zero-order chi connectivity index (χ0) is 14.5. The summed E-state index contributed by atoms with van der Waals surface area (Å²) in [6.07, 6.45) is 13.5. The smallest absolute Gasteiger partial charge is 0.0617 e.